The zero-order valence-corrected chi connectivity index (χ0v) is 6.92. The summed E-state index contributed by atoms with van der Waals surface area (Å²) >= 11 is 5.48. The predicted octanol–water partition coefficient (Wildman–Crippen LogP) is 1.47. The lowest BCUT2D eigenvalue weighted by molar-refractivity contribution is 0.344. The van der Waals surface area contributed by atoms with Gasteiger partial charge in [0.05, 0.1) is 5.02 Å². The van der Waals surface area contributed by atoms with Gasteiger partial charge in [0.15, 0.2) is 11.5 Å². The molecule has 0 atom stereocenters. The lowest BCUT2D eigenvalue weighted by Crippen LogP contribution is -1.81. The first kappa shape index (κ1) is 8.80. The predicted molar refractivity (Wildman–Crippen MR) is 42.8 cm³/mol. The molecule has 1 aromatic carbocycles. The monoisotopic (exact) mass is 190 g/mol. The largest absolute Gasteiger partial charge is 0.504 e. The van der Waals surface area contributed by atoms with E-state index in [9.17, 15) is 0 Å². The Labute approximate surface area is 73.3 Å². The van der Waals surface area contributed by atoms with Crippen LogP contribution in [0.2, 0.25) is 5.02 Å². The molecule has 0 fully saturated rings. The molecule has 0 heterocycles. The van der Waals surface area contributed by atoms with Crippen LogP contribution in [0.15, 0.2) is 0 Å². The molecule has 66 valence electrons. The van der Waals surface area contributed by atoms with Gasteiger partial charge in [0.25, 0.3) is 0 Å². The van der Waals surface area contributed by atoms with Crippen molar-refractivity contribution in [1.82, 2.24) is 0 Å². The molecule has 0 radical (unpaired) electrons. The van der Waals surface area contributed by atoms with Crippen LogP contribution in [0.3, 0.4) is 0 Å². The second-order valence-corrected chi connectivity index (χ2v) is 2.71. The van der Waals surface area contributed by atoms with Crippen LogP contribution in [0.5, 0.6) is 23.0 Å². The van der Waals surface area contributed by atoms with Crippen LogP contribution in [0.25, 0.3) is 0 Å². The fourth-order valence-corrected chi connectivity index (χ4v) is 0.966. The van der Waals surface area contributed by atoms with Gasteiger partial charge in [0, 0.05) is 5.56 Å². The lowest BCUT2D eigenvalue weighted by Gasteiger charge is -2.08. The maximum Gasteiger partial charge on any atom is 0.205 e. The third-order valence-electron chi connectivity index (χ3n) is 1.57. The number of rotatable bonds is 0. The van der Waals surface area contributed by atoms with Crippen molar-refractivity contribution in [2.24, 2.45) is 0 Å². The molecule has 0 saturated heterocycles. The lowest BCUT2D eigenvalue weighted by atomic mass is 10.2. The summed E-state index contributed by atoms with van der Waals surface area (Å²) < 4.78 is 0. The fourth-order valence-electron chi connectivity index (χ4n) is 0.787. The van der Waals surface area contributed by atoms with E-state index in [0.29, 0.717) is 0 Å². The Morgan fingerprint density at radius 1 is 0.833 bits per heavy atom. The first-order valence-corrected chi connectivity index (χ1v) is 3.46. The Bertz CT molecular complexity index is 230. The van der Waals surface area contributed by atoms with Gasteiger partial charge in [0.2, 0.25) is 11.5 Å². The molecule has 0 saturated carbocycles. The zero-order valence-electron chi connectivity index (χ0n) is 6.17. The maximum atomic E-state index is 9.09. The molecular weight excluding hydrogens is 184 g/mol. The quantitative estimate of drug-likeness (QED) is 0.369. The van der Waals surface area contributed by atoms with E-state index < -0.39 is 23.0 Å². The van der Waals surface area contributed by atoms with E-state index in [2.05, 4.69) is 0 Å². The molecule has 0 spiro atoms. The molecule has 0 aliphatic rings. The Morgan fingerprint density at radius 2 is 1.25 bits per heavy atom. The van der Waals surface area contributed by atoms with Gasteiger partial charge in [-0.3, -0.25) is 0 Å². The molecule has 0 aromatic heterocycles. The van der Waals surface area contributed by atoms with E-state index in [-0.39, 0.29) is 10.6 Å². The summed E-state index contributed by atoms with van der Waals surface area (Å²) in [7, 11) is 0. The average molecular weight is 191 g/mol. The Morgan fingerprint density at radius 3 is 1.75 bits per heavy atom. The van der Waals surface area contributed by atoms with Crippen molar-refractivity contribution in [2.75, 3.05) is 0 Å². The minimum Gasteiger partial charge on any atom is -0.504 e. The van der Waals surface area contributed by atoms with Crippen LogP contribution >= 0.6 is 11.6 Å². The summed E-state index contributed by atoms with van der Waals surface area (Å²) in [5.41, 5.74) is 0.115. The topological polar surface area (TPSA) is 80.9 Å². The van der Waals surface area contributed by atoms with Gasteiger partial charge in [-0.25, -0.2) is 0 Å². The third-order valence-corrected chi connectivity index (χ3v) is 2.03. The number of benzene rings is 1. The number of phenols is 4. The summed E-state index contributed by atoms with van der Waals surface area (Å²) in [6.07, 6.45) is 0. The van der Waals surface area contributed by atoms with Crippen LogP contribution in [-0.4, -0.2) is 20.4 Å². The minimum atomic E-state index is -0.817. The molecule has 0 bridgehead atoms. The molecule has 12 heavy (non-hydrogen) atoms. The van der Waals surface area contributed by atoms with Crippen molar-refractivity contribution in [3.05, 3.63) is 10.6 Å². The van der Waals surface area contributed by atoms with Gasteiger partial charge in [0.1, 0.15) is 0 Å². The maximum absolute atomic E-state index is 9.09. The van der Waals surface area contributed by atoms with E-state index >= 15 is 0 Å². The van der Waals surface area contributed by atoms with Crippen molar-refractivity contribution < 1.29 is 20.4 Å². The molecular formula is C7H7ClO4. The number of hydrogen-bond acceptors (Lipinski definition) is 4. The van der Waals surface area contributed by atoms with Crippen LogP contribution in [0, 0.1) is 6.92 Å². The van der Waals surface area contributed by atoms with Crippen LogP contribution in [0.4, 0.5) is 0 Å². The SMILES string of the molecule is Cc1c(O)c(O)c(O)c(O)c1Cl. The first-order chi connectivity index (χ1) is 5.46. The standard InChI is InChI=1S/C7H7ClO4/c1-2-3(8)5(10)7(12)6(11)4(2)9/h9-12H,1H3. The highest BCUT2D eigenvalue weighted by molar-refractivity contribution is 6.33. The number of hydrogen-bond donors (Lipinski definition) is 4. The Kier molecular flexibility index (Phi) is 1.94. The van der Waals surface area contributed by atoms with E-state index in [1.165, 1.54) is 6.92 Å². The Balaban J connectivity index is 3.60. The molecule has 0 amide bonds. The molecule has 0 aliphatic heterocycles. The summed E-state index contributed by atoms with van der Waals surface area (Å²) in [6, 6.07) is 0. The van der Waals surface area contributed by atoms with Crippen LogP contribution in [-0.2, 0) is 0 Å². The summed E-state index contributed by atoms with van der Waals surface area (Å²) in [5.74, 6) is -2.75. The van der Waals surface area contributed by atoms with Crippen molar-refractivity contribution in [3.63, 3.8) is 0 Å². The van der Waals surface area contributed by atoms with Crippen molar-refractivity contribution in [2.45, 2.75) is 6.92 Å². The van der Waals surface area contributed by atoms with Gasteiger partial charge in [-0.05, 0) is 6.92 Å². The van der Waals surface area contributed by atoms with Gasteiger partial charge >= 0.3 is 0 Å². The molecule has 4 N–H and O–H groups in total. The molecule has 0 aliphatic carbocycles. The summed E-state index contributed by atoms with van der Waals surface area (Å²) in [4.78, 5) is 0. The molecule has 1 aromatic rings. The summed E-state index contributed by atoms with van der Waals surface area (Å²) in [5, 5.41) is 35.9. The van der Waals surface area contributed by atoms with E-state index in [4.69, 9.17) is 32.0 Å². The average Bonchev–Trinajstić information content (AvgIpc) is 2.08. The Hall–Kier alpha value is -1.29. The molecule has 4 nitrogen and oxygen atoms in total. The number of aromatic hydroxyl groups is 4. The minimum absolute atomic E-state index is 0.115. The third kappa shape index (κ3) is 1.00. The summed E-state index contributed by atoms with van der Waals surface area (Å²) in [6.45, 7) is 1.40. The molecule has 1 rings (SSSR count). The number of phenolic OH excluding ortho intramolecular Hbond substituents is 4. The normalized spacial score (nSPS) is 10.2. The van der Waals surface area contributed by atoms with Crippen molar-refractivity contribution in [3.8, 4) is 23.0 Å². The van der Waals surface area contributed by atoms with E-state index in [0.717, 1.165) is 0 Å². The highest BCUT2D eigenvalue weighted by atomic mass is 35.5. The van der Waals surface area contributed by atoms with Gasteiger partial charge in [-0.15, -0.1) is 0 Å². The molecule has 5 heteroatoms. The second kappa shape index (κ2) is 2.64. The highest BCUT2D eigenvalue weighted by Gasteiger charge is 2.18. The second-order valence-electron chi connectivity index (χ2n) is 2.33. The van der Waals surface area contributed by atoms with Crippen LogP contribution in [0.1, 0.15) is 5.56 Å². The van der Waals surface area contributed by atoms with E-state index in [1.807, 2.05) is 0 Å². The zero-order chi connectivity index (χ0) is 9.46. The fraction of sp³-hybridized carbons (Fsp3) is 0.143. The van der Waals surface area contributed by atoms with Crippen molar-refractivity contribution >= 4 is 11.6 Å². The van der Waals surface area contributed by atoms with Gasteiger partial charge in [-0.2, -0.15) is 0 Å². The number of halogens is 1. The first-order valence-electron chi connectivity index (χ1n) is 3.08. The van der Waals surface area contributed by atoms with E-state index in [1.54, 1.807) is 0 Å². The van der Waals surface area contributed by atoms with Crippen LogP contribution < -0.4 is 0 Å². The smallest absolute Gasteiger partial charge is 0.205 e. The van der Waals surface area contributed by atoms with Crippen molar-refractivity contribution in [1.29, 1.82) is 0 Å². The highest BCUT2D eigenvalue weighted by Crippen LogP contribution is 2.48. The van der Waals surface area contributed by atoms with Gasteiger partial charge in [-0.1, -0.05) is 11.6 Å². The van der Waals surface area contributed by atoms with Gasteiger partial charge < -0.3 is 20.4 Å². The molecule has 0 unspecified atom stereocenters.